The summed E-state index contributed by atoms with van der Waals surface area (Å²) in [5.41, 5.74) is 8.69. The van der Waals surface area contributed by atoms with Crippen LogP contribution in [0.1, 0.15) is 21.6 Å². The zero-order valence-electron chi connectivity index (χ0n) is 11.9. The number of hydrogen-bond donors (Lipinski definition) is 2. The Balaban J connectivity index is 1.62. The van der Waals surface area contributed by atoms with E-state index in [1.54, 1.807) is 5.38 Å². The van der Waals surface area contributed by atoms with Crippen molar-refractivity contribution in [2.24, 2.45) is 0 Å². The van der Waals surface area contributed by atoms with Gasteiger partial charge in [0.15, 0.2) is 5.13 Å². The molecular weight excluding hydrogens is 284 g/mol. The number of fused-ring (bicyclic) bond motifs is 1. The van der Waals surface area contributed by atoms with Gasteiger partial charge in [-0.05, 0) is 24.6 Å². The van der Waals surface area contributed by atoms with Crippen LogP contribution in [0.2, 0.25) is 0 Å². The number of amides is 1. The molecule has 0 spiro atoms. The number of carbonyl (C=O) groups is 1. The van der Waals surface area contributed by atoms with Gasteiger partial charge in [0.1, 0.15) is 5.69 Å². The number of carbonyl (C=O) groups excluding carboxylic acids is 1. The number of nitrogens with zero attached hydrogens (tertiary/aromatic N) is 2. The first kappa shape index (κ1) is 14.0. The van der Waals surface area contributed by atoms with E-state index in [1.807, 2.05) is 0 Å². The third kappa shape index (κ3) is 3.06. The van der Waals surface area contributed by atoms with E-state index in [1.165, 1.54) is 22.5 Å². The highest BCUT2D eigenvalue weighted by atomic mass is 32.1. The molecule has 1 amide bonds. The molecule has 110 valence electrons. The van der Waals surface area contributed by atoms with E-state index in [-0.39, 0.29) is 5.91 Å². The average Bonchev–Trinajstić information content (AvgIpc) is 2.91. The molecule has 0 radical (unpaired) electrons. The van der Waals surface area contributed by atoms with Gasteiger partial charge >= 0.3 is 0 Å². The molecule has 0 saturated heterocycles. The first-order valence-corrected chi connectivity index (χ1v) is 7.77. The third-order valence-electron chi connectivity index (χ3n) is 3.87. The number of anilines is 1. The predicted molar refractivity (Wildman–Crippen MR) is 84.3 cm³/mol. The van der Waals surface area contributed by atoms with Crippen molar-refractivity contribution in [1.29, 1.82) is 0 Å². The zero-order chi connectivity index (χ0) is 14.8. The molecule has 1 aromatic carbocycles. The Hall–Kier alpha value is -1.92. The number of thiazole rings is 1. The van der Waals surface area contributed by atoms with Crippen LogP contribution in [0.15, 0.2) is 29.6 Å². The van der Waals surface area contributed by atoms with E-state index in [0.29, 0.717) is 23.4 Å². The molecule has 2 aromatic rings. The van der Waals surface area contributed by atoms with Gasteiger partial charge < -0.3 is 11.1 Å². The Kier molecular flexibility index (Phi) is 3.90. The molecule has 21 heavy (non-hydrogen) atoms. The Morgan fingerprint density at radius 1 is 1.48 bits per heavy atom. The van der Waals surface area contributed by atoms with Crippen LogP contribution in [0.5, 0.6) is 0 Å². The molecule has 1 aliphatic rings. The first-order valence-electron chi connectivity index (χ1n) is 6.89. The van der Waals surface area contributed by atoms with Crippen molar-refractivity contribution in [3.05, 3.63) is 46.5 Å². The standard InChI is InChI=1S/C15H18N4OS/c1-19-8-11-5-3-2-4-10(11)6-12(19)7-17-14(20)13-9-21-15(16)18-13/h2-5,9,12H,6-8H2,1H3,(H2,16,18)(H,17,20)/t12-/m1/s1. The monoisotopic (exact) mass is 302 g/mol. The summed E-state index contributed by atoms with van der Waals surface area (Å²) < 4.78 is 0. The van der Waals surface area contributed by atoms with Gasteiger partial charge in [-0.2, -0.15) is 0 Å². The van der Waals surface area contributed by atoms with Crippen LogP contribution < -0.4 is 11.1 Å². The summed E-state index contributed by atoms with van der Waals surface area (Å²) in [6, 6.07) is 8.77. The van der Waals surface area contributed by atoms with E-state index in [0.717, 1.165) is 13.0 Å². The highest BCUT2D eigenvalue weighted by Gasteiger charge is 2.23. The SMILES string of the molecule is CN1Cc2ccccc2C[C@@H]1CNC(=O)c1csc(N)n1. The Morgan fingerprint density at radius 3 is 2.95 bits per heavy atom. The van der Waals surface area contributed by atoms with Crippen LogP contribution in [0.3, 0.4) is 0 Å². The minimum Gasteiger partial charge on any atom is -0.375 e. The average molecular weight is 302 g/mol. The van der Waals surface area contributed by atoms with E-state index in [9.17, 15) is 4.79 Å². The smallest absolute Gasteiger partial charge is 0.270 e. The van der Waals surface area contributed by atoms with Crippen molar-refractivity contribution in [3.63, 3.8) is 0 Å². The lowest BCUT2D eigenvalue weighted by atomic mass is 9.94. The second kappa shape index (κ2) is 5.83. The van der Waals surface area contributed by atoms with Crippen LogP contribution in [-0.2, 0) is 13.0 Å². The van der Waals surface area contributed by atoms with Gasteiger partial charge in [-0.25, -0.2) is 4.98 Å². The largest absolute Gasteiger partial charge is 0.375 e. The maximum Gasteiger partial charge on any atom is 0.270 e. The fraction of sp³-hybridized carbons (Fsp3) is 0.333. The van der Waals surface area contributed by atoms with E-state index >= 15 is 0 Å². The zero-order valence-corrected chi connectivity index (χ0v) is 12.7. The molecule has 3 N–H and O–H groups in total. The molecule has 0 unspecified atom stereocenters. The molecular formula is C15H18N4OS. The number of likely N-dealkylation sites (N-methyl/N-ethyl adjacent to an activating group) is 1. The molecule has 5 nitrogen and oxygen atoms in total. The topological polar surface area (TPSA) is 71.2 Å². The van der Waals surface area contributed by atoms with Gasteiger partial charge in [0.25, 0.3) is 5.91 Å². The third-order valence-corrected chi connectivity index (χ3v) is 4.54. The van der Waals surface area contributed by atoms with Crippen LogP contribution in [0, 0.1) is 0 Å². The molecule has 1 aliphatic heterocycles. The minimum atomic E-state index is -0.157. The van der Waals surface area contributed by atoms with Gasteiger partial charge in [-0.15, -0.1) is 11.3 Å². The van der Waals surface area contributed by atoms with Crippen LogP contribution in [-0.4, -0.2) is 35.4 Å². The van der Waals surface area contributed by atoms with Crippen LogP contribution in [0.25, 0.3) is 0 Å². The van der Waals surface area contributed by atoms with E-state index in [2.05, 4.69) is 46.5 Å². The lowest BCUT2D eigenvalue weighted by Gasteiger charge is -2.34. The van der Waals surface area contributed by atoms with Crippen molar-refractivity contribution < 1.29 is 4.79 Å². The molecule has 6 heteroatoms. The fourth-order valence-corrected chi connectivity index (χ4v) is 3.18. The molecule has 0 bridgehead atoms. The minimum absolute atomic E-state index is 0.157. The molecule has 1 atom stereocenters. The van der Waals surface area contributed by atoms with Gasteiger partial charge in [-0.3, -0.25) is 9.69 Å². The molecule has 1 aromatic heterocycles. The van der Waals surface area contributed by atoms with Gasteiger partial charge in [0.05, 0.1) is 0 Å². The highest BCUT2D eigenvalue weighted by molar-refractivity contribution is 7.13. The lowest BCUT2D eigenvalue weighted by molar-refractivity contribution is 0.0930. The van der Waals surface area contributed by atoms with Crippen molar-refractivity contribution in [3.8, 4) is 0 Å². The maximum atomic E-state index is 12.0. The summed E-state index contributed by atoms with van der Waals surface area (Å²) in [5, 5.41) is 5.06. The number of nitrogen functional groups attached to an aromatic ring is 1. The summed E-state index contributed by atoms with van der Waals surface area (Å²) in [7, 11) is 2.09. The summed E-state index contributed by atoms with van der Waals surface area (Å²) >= 11 is 1.28. The number of hydrogen-bond acceptors (Lipinski definition) is 5. The second-order valence-corrected chi connectivity index (χ2v) is 6.21. The quantitative estimate of drug-likeness (QED) is 0.901. The summed E-state index contributed by atoms with van der Waals surface area (Å²) in [5.74, 6) is -0.157. The summed E-state index contributed by atoms with van der Waals surface area (Å²) in [4.78, 5) is 18.3. The van der Waals surface area contributed by atoms with Crippen molar-refractivity contribution in [2.45, 2.75) is 19.0 Å². The van der Waals surface area contributed by atoms with Gasteiger partial charge in [0.2, 0.25) is 0 Å². The summed E-state index contributed by atoms with van der Waals surface area (Å²) in [6.45, 7) is 1.53. The summed E-state index contributed by atoms with van der Waals surface area (Å²) in [6.07, 6.45) is 0.951. The van der Waals surface area contributed by atoms with Crippen LogP contribution in [0.4, 0.5) is 5.13 Å². The normalized spacial score (nSPS) is 18.2. The highest BCUT2D eigenvalue weighted by Crippen LogP contribution is 2.21. The Morgan fingerprint density at radius 2 is 2.24 bits per heavy atom. The number of aromatic nitrogens is 1. The Labute approximate surface area is 127 Å². The number of benzene rings is 1. The number of nitrogens with two attached hydrogens (primary N) is 1. The number of rotatable bonds is 3. The molecule has 0 fully saturated rings. The molecule has 0 aliphatic carbocycles. The van der Waals surface area contributed by atoms with Gasteiger partial charge in [-0.1, -0.05) is 24.3 Å². The molecule has 3 rings (SSSR count). The van der Waals surface area contributed by atoms with Crippen LogP contribution >= 0.6 is 11.3 Å². The maximum absolute atomic E-state index is 12.0. The fourth-order valence-electron chi connectivity index (χ4n) is 2.64. The number of nitrogens with one attached hydrogen (secondary N) is 1. The van der Waals surface area contributed by atoms with E-state index in [4.69, 9.17) is 5.73 Å². The van der Waals surface area contributed by atoms with Crippen molar-refractivity contribution in [2.75, 3.05) is 19.3 Å². The van der Waals surface area contributed by atoms with Gasteiger partial charge in [0, 0.05) is 24.5 Å². The van der Waals surface area contributed by atoms with Crippen molar-refractivity contribution >= 4 is 22.4 Å². The van der Waals surface area contributed by atoms with Crippen molar-refractivity contribution in [1.82, 2.24) is 15.2 Å². The second-order valence-electron chi connectivity index (χ2n) is 5.32. The van der Waals surface area contributed by atoms with E-state index < -0.39 is 0 Å². The molecule has 0 saturated carbocycles. The first-order chi connectivity index (χ1) is 10.1. The Bertz CT molecular complexity index is 655. The predicted octanol–water partition coefficient (Wildman–Crippen LogP) is 1.51. The lowest BCUT2D eigenvalue weighted by Crippen LogP contribution is -2.45. The molecule has 2 heterocycles.